The van der Waals surface area contributed by atoms with E-state index in [0.29, 0.717) is 18.6 Å². The Bertz CT molecular complexity index is 249. The van der Waals surface area contributed by atoms with Gasteiger partial charge in [-0.2, -0.15) is 0 Å². The first-order valence-corrected chi connectivity index (χ1v) is 7.27. The van der Waals surface area contributed by atoms with Crippen molar-refractivity contribution in [2.45, 2.75) is 70.4 Å². The highest BCUT2D eigenvalue weighted by molar-refractivity contribution is 5.78. The summed E-state index contributed by atoms with van der Waals surface area (Å²) in [7, 11) is 0. The van der Waals surface area contributed by atoms with Crippen molar-refractivity contribution in [2.75, 3.05) is 6.54 Å². The smallest absolute Gasteiger partial charge is 0.234 e. The molecule has 98 valence electrons. The van der Waals surface area contributed by atoms with Crippen molar-refractivity contribution in [3.8, 4) is 0 Å². The van der Waals surface area contributed by atoms with Crippen molar-refractivity contribution < 1.29 is 4.79 Å². The molecule has 1 amide bonds. The van der Waals surface area contributed by atoms with Crippen LogP contribution in [0.25, 0.3) is 0 Å². The molecular formula is C14H26N2O. The van der Waals surface area contributed by atoms with Crippen LogP contribution in [0.1, 0.15) is 58.3 Å². The Morgan fingerprint density at radius 1 is 1.06 bits per heavy atom. The van der Waals surface area contributed by atoms with E-state index in [1.54, 1.807) is 0 Å². The fourth-order valence-corrected chi connectivity index (χ4v) is 3.16. The number of hydrogen-bond acceptors (Lipinski definition) is 2. The van der Waals surface area contributed by atoms with Gasteiger partial charge < -0.3 is 10.6 Å². The molecule has 0 bridgehead atoms. The van der Waals surface area contributed by atoms with Crippen molar-refractivity contribution in [1.82, 2.24) is 10.6 Å². The van der Waals surface area contributed by atoms with Crippen LogP contribution in [0.15, 0.2) is 0 Å². The molecule has 0 aromatic rings. The van der Waals surface area contributed by atoms with Crippen molar-refractivity contribution in [2.24, 2.45) is 5.92 Å². The summed E-state index contributed by atoms with van der Waals surface area (Å²) < 4.78 is 0. The molecule has 17 heavy (non-hydrogen) atoms. The number of carbonyl (C=O) groups excluding carboxylic acids is 1. The molecule has 2 unspecified atom stereocenters. The lowest BCUT2D eigenvalue weighted by Gasteiger charge is -2.23. The fraction of sp³-hybridized carbons (Fsp3) is 0.929. The minimum absolute atomic E-state index is 0.191. The molecule has 0 aromatic heterocycles. The van der Waals surface area contributed by atoms with Crippen LogP contribution in [-0.2, 0) is 4.79 Å². The second-order valence-corrected chi connectivity index (χ2v) is 5.90. The SMILES string of the molecule is CC1CCC(NCC(=O)NC2CCCCC2)C1. The summed E-state index contributed by atoms with van der Waals surface area (Å²) >= 11 is 0. The van der Waals surface area contributed by atoms with Crippen LogP contribution >= 0.6 is 0 Å². The van der Waals surface area contributed by atoms with E-state index in [0.717, 1.165) is 5.92 Å². The van der Waals surface area contributed by atoms with Gasteiger partial charge >= 0.3 is 0 Å². The first-order valence-electron chi connectivity index (χ1n) is 7.27. The van der Waals surface area contributed by atoms with Gasteiger partial charge in [0.1, 0.15) is 0 Å². The van der Waals surface area contributed by atoms with Crippen LogP contribution in [0.3, 0.4) is 0 Å². The first-order chi connectivity index (χ1) is 8.24. The summed E-state index contributed by atoms with van der Waals surface area (Å²) in [6.45, 7) is 2.80. The molecule has 2 saturated carbocycles. The fourth-order valence-electron chi connectivity index (χ4n) is 3.16. The molecular weight excluding hydrogens is 212 g/mol. The summed E-state index contributed by atoms with van der Waals surface area (Å²) in [5, 5.41) is 6.54. The predicted molar refractivity (Wildman–Crippen MR) is 69.8 cm³/mol. The van der Waals surface area contributed by atoms with Crippen molar-refractivity contribution in [1.29, 1.82) is 0 Å². The number of amides is 1. The van der Waals surface area contributed by atoms with Gasteiger partial charge in [-0.15, -0.1) is 0 Å². The van der Waals surface area contributed by atoms with E-state index in [1.807, 2.05) is 0 Å². The van der Waals surface area contributed by atoms with Gasteiger partial charge in [-0.05, 0) is 38.0 Å². The summed E-state index contributed by atoms with van der Waals surface area (Å²) in [6, 6.07) is 1.02. The molecule has 0 aliphatic heterocycles. The zero-order valence-electron chi connectivity index (χ0n) is 11.0. The van der Waals surface area contributed by atoms with Gasteiger partial charge in [0.05, 0.1) is 6.54 Å². The summed E-state index contributed by atoms with van der Waals surface area (Å²) in [5.74, 6) is 1.02. The third-order valence-electron chi connectivity index (χ3n) is 4.22. The van der Waals surface area contributed by atoms with Gasteiger partial charge in [0.15, 0.2) is 0 Å². The topological polar surface area (TPSA) is 41.1 Å². The van der Waals surface area contributed by atoms with Crippen LogP contribution in [-0.4, -0.2) is 24.5 Å². The highest BCUT2D eigenvalue weighted by Crippen LogP contribution is 2.24. The zero-order valence-corrected chi connectivity index (χ0v) is 11.0. The van der Waals surface area contributed by atoms with Crippen molar-refractivity contribution in [3.63, 3.8) is 0 Å². The summed E-state index contributed by atoms with van der Waals surface area (Å²) in [6.07, 6.45) is 10.0. The molecule has 0 radical (unpaired) electrons. The van der Waals surface area contributed by atoms with E-state index in [-0.39, 0.29) is 5.91 Å². The third-order valence-corrected chi connectivity index (χ3v) is 4.22. The van der Waals surface area contributed by atoms with E-state index in [2.05, 4.69) is 17.6 Å². The molecule has 0 aromatic carbocycles. The Morgan fingerprint density at radius 2 is 1.82 bits per heavy atom. The molecule has 2 aliphatic carbocycles. The van der Waals surface area contributed by atoms with Gasteiger partial charge in [-0.25, -0.2) is 0 Å². The maximum Gasteiger partial charge on any atom is 0.234 e. The number of rotatable bonds is 4. The Labute approximate surface area is 105 Å². The summed E-state index contributed by atoms with van der Waals surface area (Å²) in [5.41, 5.74) is 0. The minimum atomic E-state index is 0.191. The van der Waals surface area contributed by atoms with Gasteiger partial charge in [0.25, 0.3) is 0 Å². The van der Waals surface area contributed by atoms with Crippen LogP contribution in [0.5, 0.6) is 0 Å². The van der Waals surface area contributed by atoms with E-state index in [4.69, 9.17) is 0 Å². The Balaban J connectivity index is 1.60. The zero-order chi connectivity index (χ0) is 12.1. The normalized spacial score (nSPS) is 30.4. The van der Waals surface area contributed by atoms with Gasteiger partial charge in [-0.1, -0.05) is 26.2 Å². The Kier molecular flexibility index (Phi) is 4.84. The van der Waals surface area contributed by atoms with Crippen LogP contribution in [0.4, 0.5) is 0 Å². The highest BCUT2D eigenvalue weighted by Gasteiger charge is 2.22. The van der Waals surface area contributed by atoms with Gasteiger partial charge in [0.2, 0.25) is 5.91 Å². The monoisotopic (exact) mass is 238 g/mol. The van der Waals surface area contributed by atoms with Crippen LogP contribution in [0, 0.1) is 5.92 Å². The predicted octanol–water partition coefficient (Wildman–Crippen LogP) is 2.21. The molecule has 0 spiro atoms. The molecule has 2 aliphatic rings. The quantitative estimate of drug-likeness (QED) is 0.788. The lowest BCUT2D eigenvalue weighted by molar-refractivity contribution is -0.121. The third kappa shape index (κ3) is 4.30. The second kappa shape index (κ2) is 6.39. The molecule has 2 atom stereocenters. The largest absolute Gasteiger partial charge is 0.352 e. The second-order valence-electron chi connectivity index (χ2n) is 5.90. The first kappa shape index (κ1) is 12.9. The maximum absolute atomic E-state index is 11.8. The molecule has 2 fully saturated rings. The van der Waals surface area contributed by atoms with E-state index >= 15 is 0 Å². The van der Waals surface area contributed by atoms with Gasteiger partial charge in [-0.3, -0.25) is 4.79 Å². The van der Waals surface area contributed by atoms with E-state index in [1.165, 1.54) is 51.4 Å². The highest BCUT2D eigenvalue weighted by atomic mass is 16.1. The molecule has 0 saturated heterocycles. The Hall–Kier alpha value is -0.570. The molecule has 0 heterocycles. The Morgan fingerprint density at radius 3 is 2.47 bits per heavy atom. The van der Waals surface area contributed by atoms with E-state index in [9.17, 15) is 4.79 Å². The standard InChI is InChI=1S/C14H26N2O/c1-11-7-8-13(9-11)15-10-14(17)16-12-5-3-2-4-6-12/h11-13,15H,2-10H2,1H3,(H,16,17). The summed E-state index contributed by atoms with van der Waals surface area (Å²) in [4.78, 5) is 11.8. The molecule has 2 N–H and O–H groups in total. The lowest BCUT2D eigenvalue weighted by atomic mass is 9.95. The number of hydrogen-bond donors (Lipinski definition) is 2. The molecule has 3 nitrogen and oxygen atoms in total. The van der Waals surface area contributed by atoms with Crippen molar-refractivity contribution >= 4 is 5.91 Å². The van der Waals surface area contributed by atoms with Crippen molar-refractivity contribution in [3.05, 3.63) is 0 Å². The number of nitrogens with one attached hydrogen (secondary N) is 2. The van der Waals surface area contributed by atoms with Gasteiger partial charge in [0, 0.05) is 12.1 Å². The van der Waals surface area contributed by atoms with Crippen LogP contribution < -0.4 is 10.6 Å². The lowest BCUT2D eigenvalue weighted by Crippen LogP contribution is -2.43. The van der Waals surface area contributed by atoms with Crippen LogP contribution in [0.2, 0.25) is 0 Å². The minimum Gasteiger partial charge on any atom is -0.352 e. The maximum atomic E-state index is 11.8. The molecule has 3 heteroatoms. The average Bonchev–Trinajstić information content (AvgIpc) is 2.74. The average molecular weight is 238 g/mol. The van der Waals surface area contributed by atoms with E-state index < -0.39 is 0 Å². The molecule has 2 rings (SSSR count). The number of carbonyl (C=O) groups is 1.